The molecule has 0 aromatic carbocycles. The summed E-state index contributed by atoms with van der Waals surface area (Å²) in [5.41, 5.74) is 3.37. The first kappa shape index (κ1) is 13.2. The molecule has 0 fully saturated rings. The van der Waals surface area contributed by atoms with E-state index in [0.29, 0.717) is 18.1 Å². The first-order valence-electron chi connectivity index (χ1n) is 5.62. The Labute approximate surface area is 109 Å². The number of hydrogen-bond acceptors (Lipinski definition) is 6. The lowest BCUT2D eigenvalue weighted by molar-refractivity contribution is 0.397. The summed E-state index contributed by atoms with van der Waals surface area (Å²) in [6.45, 7) is 1.56. The van der Waals surface area contributed by atoms with Crippen LogP contribution >= 0.6 is 0 Å². The molecule has 0 spiro atoms. The molecule has 19 heavy (non-hydrogen) atoms. The molecule has 0 saturated carbocycles. The highest BCUT2D eigenvalue weighted by molar-refractivity contribution is 5.37. The van der Waals surface area contributed by atoms with E-state index in [0.717, 1.165) is 5.56 Å². The number of pyridine rings is 1. The van der Waals surface area contributed by atoms with Crippen LogP contribution in [0, 0.1) is 12.7 Å². The molecule has 0 radical (unpaired) electrons. The zero-order chi connectivity index (χ0) is 13.8. The molecule has 0 unspecified atom stereocenters. The van der Waals surface area contributed by atoms with Crippen LogP contribution in [0.25, 0.3) is 0 Å². The third-order valence-electron chi connectivity index (χ3n) is 2.57. The van der Waals surface area contributed by atoms with Gasteiger partial charge in [-0.2, -0.15) is 0 Å². The molecule has 6 nitrogen and oxygen atoms in total. The Morgan fingerprint density at radius 2 is 2.16 bits per heavy atom. The molecule has 0 aliphatic heterocycles. The average molecular weight is 263 g/mol. The monoisotopic (exact) mass is 263 g/mol. The van der Waals surface area contributed by atoms with E-state index in [-0.39, 0.29) is 11.5 Å². The van der Waals surface area contributed by atoms with Crippen LogP contribution < -0.4 is 16.0 Å². The van der Waals surface area contributed by atoms with E-state index in [4.69, 9.17) is 10.6 Å². The van der Waals surface area contributed by atoms with E-state index in [9.17, 15) is 4.39 Å². The minimum absolute atomic E-state index is 0.0102. The third kappa shape index (κ3) is 2.94. The number of nitrogens with zero attached hydrogens (tertiary/aromatic N) is 3. The van der Waals surface area contributed by atoms with Crippen molar-refractivity contribution in [1.29, 1.82) is 0 Å². The molecule has 2 heterocycles. The van der Waals surface area contributed by atoms with E-state index < -0.39 is 5.82 Å². The van der Waals surface area contributed by atoms with Gasteiger partial charge in [0.2, 0.25) is 5.88 Å². The summed E-state index contributed by atoms with van der Waals surface area (Å²) in [4.78, 5) is 12.2. The molecule has 0 saturated heterocycles. The van der Waals surface area contributed by atoms with Crippen molar-refractivity contribution < 1.29 is 9.13 Å². The lowest BCUT2D eigenvalue weighted by atomic mass is 10.2. The van der Waals surface area contributed by atoms with E-state index in [1.165, 1.54) is 0 Å². The zero-order valence-electron chi connectivity index (χ0n) is 10.6. The highest BCUT2D eigenvalue weighted by atomic mass is 19.1. The Morgan fingerprint density at radius 3 is 2.74 bits per heavy atom. The van der Waals surface area contributed by atoms with Gasteiger partial charge in [-0.05, 0) is 12.5 Å². The van der Waals surface area contributed by atoms with Gasteiger partial charge in [0.05, 0.1) is 12.8 Å². The number of hydrogen-bond donors (Lipinski definition) is 2. The molecule has 2 aromatic heterocycles. The van der Waals surface area contributed by atoms with Gasteiger partial charge in [-0.1, -0.05) is 6.07 Å². The van der Waals surface area contributed by atoms with Crippen LogP contribution in [0.4, 0.5) is 10.2 Å². The van der Waals surface area contributed by atoms with Gasteiger partial charge in [0.25, 0.3) is 0 Å². The van der Waals surface area contributed by atoms with Crippen LogP contribution in [0.3, 0.4) is 0 Å². The Morgan fingerprint density at radius 1 is 1.37 bits per heavy atom. The van der Waals surface area contributed by atoms with Crippen LogP contribution in [0.2, 0.25) is 0 Å². The predicted molar refractivity (Wildman–Crippen MR) is 68.1 cm³/mol. The number of methoxy groups -OCH3 is 1. The molecule has 100 valence electrons. The first-order valence-corrected chi connectivity index (χ1v) is 5.62. The number of nitrogen functional groups attached to an aromatic ring is 1. The van der Waals surface area contributed by atoms with Crippen LogP contribution in [0.5, 0.6) is 5.88 Å². The number of rotatable bonds is 4. The summed E-state index contributed by atoms with van der Waals surface area (Å²) < 4.78 is 18.5. The largest absolute Gasteiger partial charge is 0.481 e. The Balaban J connectivity index is 2.25. The molecular formula is C12H14FN5O. The van der Waals surface area contributed by atoms with Crippen LogP contribution in [-0.4, -0.2) is 22.1 Å². The number of aromatic nitrogens is 3. The zero-order valence-corrected chi connectivity index (χ0v) is 10.6. The fourth-order valence-corrected chi connectivity index (χ4v) is 1.61. The second-order valence-electron chi connectivity index (χ2n) is 3.92. The average Bonchev–Trinajstić information content (AvgIpc) is 2.43. The lowest BCUT2D eigenvalue weighted by Gasteiger charge is -2.07. The minimum atomic E-state index is -0.542. The fourth-order valence-electron chi connectivity index (χ4n) is 1.61. The smallest absolute Gasteiger partial charge is 0.212 e. The predicted octanol–water partition coefficient (Wildman–Crippen LogP) is 1.20. The standard InChI is InChI=1S/C12H14FN5O/c1-7-11(13)12(18-14)17-9(16-7)5-8-3-4-10(19-2)15-6-8/h3-4,6H,5,14H2,1-2H3,(H,16,17,18). The van der Waals surface area contributed by atoms with Crippen LogP contribution in [-0.2, 0) is 6.42 Å². The van der Waals surface area contributed by atoms with Gasteiger partial charge >= 0.3 is 0 Å². The summed E-state index contributed by atoms with van der Waals surface area (Å²) in [7, 11) is 1.55. The van der Waals surface area contributed by atoms with Crippen molar-refractivity contribution in [2.24, 2.45) is 5.84 Å². The van der Waals surface area contributed by atoms with E-state index in [2.05, 4.69) is 20.4 Å². The molecule has 3 N–H and O–H groups in total. The maximum atomic E-state index is 13.5. The lowest BCUT2D eigenvalue weighted by Crippen LogP contribution is -2.14. The van der Waals surface area contributed by atoms with Crippen molar-refractivity contribution in [2.45, 2.75) is 13.3 Å². The number of nitrogens with one attached hydrogen (secondary N) is 1. The molecule has 2 rings (SSSR count). The SMILES string of the molecule is COc1ccc(Cc2nc(C)c(F)c(NN)n2)cn1. The number of anilines is 1. The van der Waals surface area contributed by atoms with Gasteiger partial charge in [-0.15, -0.1) is 0 Å². The van der Waals surface area contributed by atoms with Crippen molar-refractivity contribution in [1.82, 2.24) is 15.0 Å². The van der Waals surface area contributed by atoms with E-state index in [1.54, 1.807) is 26.3 Å². The molecule has 0 amide bonds. The molecule has 0 atom stereocenters. The van der Waals surface area contributed by atoms with E-state index >= 15 is 0 Å². The summed E-state index contributed by atoms with van der Waals surface area (Å²) >= 11 is 0. The quantitative estimate of drug-likeness (QED) is 0.637. The number of aryl methyl sites for hydroxylation is 1. The summed E-state index contributed by atoms with van der Waals surface area (Å²) in [5, 5.41) is 0. The van der Waals surface area contributed by atoms with Crippen LogP contribution in [0.15, 0.2) is 18.3 Å². The summed E-state index contributed by atoms with van der Waals surface area (Å²) in [5.74, 6) is 5.66. The van der Waals surface area contributed by atoms with E-state index in [1.807, 2.05) is 6.07 Å². The summed E-state index contributed by atoms with van der Waals surface area (Å²) in [6.07, 6.45) is 2.10. The molecular weight excluding hydrogens is 249 g/mol. The van der Waals surface area contributed by atoms with Crippen molar-refractivity contribution in [3.63, 3.8) is 0 Å². The first-order chi connectivity index (χ1) is 9.13. The molecule has 0 aliphatic carbocycles. The maximum Gasteiger partial charge on any atom is 0.212 e. The number of halogens is 1. The normalized spacial score (nSPS) is 10.3. The van der Waals surface area contributed by atoms with Crippen molar-refractivity contribution in [3.8, 4) is 5.88 Å². The maximum absolute atomic E-state index is 13.5. The van der Waals surface area contributed by atoms with Crippen LogP contribution in [0.1, 0.15) is 17.1 Å². The molecule has 0 aliphatic rings. The van der Waals surface area contributed by atoms with Crippen molar-refractivity contribution in [2.75, 3.05) is 12.5 Å². The summed E-state index contributed by atoms with van der Waals surface area (Å²) in [6, 6.07) is 3.59. The van der Waals surface area contributed by atoms with Gasteiger partial charge in [-0.25, -0.2) is 25.2 Å². The second-order valence-corrected chi connectivity index (χ2v) is 3.92. The number of hydrazine groups is 1. The van der Waals surface area contributed by atoms with Crippen molar-refractivity contribution >= 4 is 5.82 Å². The third-order valence-corrected chi connectivity index (χ3v) is 2.57. The second kappa shape index (κ2) is 5.57. The number of nitrogens with two attached hydrogens (primary N) is 1. The highest BCUT2D eigenvalue weighted by Gasteiger charge is 2.11. The fraction of sp³-hybridized carbons (Fsp3) is 0.250. The molecule has 0 bridgehead atoms. The highest BCUT2D eigenvalue weighted by Crippen LogP contribution is 2.15. The molecule has 7 heteroatoms. The molecule has 2 aromatic rings. The topological polar surface area (TPSA) is 86.0 Å². The van der Waals surface area contributed by atoms with Gasteiger partial charge in [0.1, 0.15) is 5.82 Å². The van der Waals surface area contributed by atoms with Gasteiger partial charge in [0, 0.05) is 18.7 Å². The van der Waals surface area contributed by atoms with Gasteiger partial charge in [0.15, 0.2) is 11.6 Å². The Hall–Kier alpha value is -2.28. The number of ether oxygens (including phenoxy) is 1. The van der Waals surface area contributed by atoms with Gasteiger partial charge < -0.3 is 10.2 Å². The van der Waals surface area contributed by atoms with Crippen molar-refractivity contribution in [3.05, 3.63) is 41.2 Å². The Bertz CT molecular complexity index is 573. The van der Waals surface area contributed by atoms with Gasteiger partial charge in [-0.3, -0.25) is 0 Å². The minimum Gasteiger partial charge on any atom is -0.481 e. The Kier molecular flexibility index (Phi) is 3.86.